The Hall–Kier alpha value is -1.58. The molecule has 1 saturated heterocycles. The molecular weight excluding hydrogens is 171 g/mol. The topological polar surface area (TPSA) is 41.1 Å². The maximum atomic E-state index is 13.2. The summed E-state index contributed by atoms with van der Waals surface area (Å²) < 4.78 is 13.2. The Morgan fingerprint density at radius 2 is 2.15 bits per heavy atom. The second-order valence-corrected chi connectivity index (χ2v) is 2.93. The first-order valence-corrected chi connectivity index (χ1v) is 4.06. The molecule has 0 aliphatic carbocycles. The Balaban J connectivity index is 2.26. The van der Waals surface area contributed by atoms with E-state index in [1.165, 1.54) is 6.07 Å². The Kier molecular flexibility index (Phi) is 1.88. The molecule has 1 aromatic carbocycles. The fraction of sp³-hybridized carbons (Fsp3) is 0.222. The summed E-state index contributed by atoms with van der Waals surface area (Å²) in [6.07, 6.45) is 0. The van der Waals surface area contributed by atoms with Crippen molar-refractivity contribution in [2.45, 2.75) is 6.04 Å². The van der Waals surface area contributed by atoms with Crippen LogP contribution in [0, 0.1) is 5.82 Å². The third-order valence-electron chi connectivity index (χ3n) is 2.05. The van der Waals surface area contributed by atoms with Gasteiger partial charge in [0.2, 0.25) is 0 Å². The summed E-state index contributed by atoms with van der Waals surface area (Å²) in [5, 5.41) is 5.20. The number of amides is 2. The highest BCUT2D eigenvalue weighted by Crippen LogP contribution is 2.17. The molecule has 1 heterocycles. The van der Waals surface area contributed by atoms with Crippen LogP contribution in [-0.4, -0.2) is 12.6 Å². The van der Waals surface area contributed by atoms with E-state index in [9.17, 15) is 9.18 Å². The molecule has 2 amide bonds. The molecule has 1 aliphatic rings. The van der Waals surface area contributed by atoms with Gasteiger partial charge in [0, 0.05) is 12.1 Å². The molecule has 0 radical (unpaired) electrons. The van der Waals surface area contributed by atoms with Gasteiger partial charge in [-0.15, -0.1) is 0 Å². The second-order valence-electron chi connectivity index (χ2n) is 2.93. The van der Waals surface area contributed by atoms with Crippen molar-refractivity contribution in [3.8, 4) is 0 Å². The Bertz CT molecular complexity index is 340. The van der Waals surface area contributed by atoms with Crippen LogP contribution in [0.1, 0.15) is 11.6 Å². The van der Waals surface area contributed by atoms with E-state index in [0.29, 0.717) is 12.1 Å². The maximum absolute atomic E-state index is 13.2. The van der Waals surface area contributed by atoms with Gasteiger partial charge < -0.3 is 10.6 Å². The monoisotopic (exact) mass is 180 g/mol. The summed E-state index contributed by atoms with van der Waals surface area (Å²) in [6, 6.07) is 5.96. The molecule has 3 nitrogen and oxygen atoms in total. The van der Waals surface area contributed by atoms with Crippen molar-refractivity contribution >= 4 is 6.03 Å². The van der Waals surface area contributed by atoms with Crippen LogP contribution in [0.2, 0.25) is 0 Å². The molecule has 0 aromatic heterocycles. The third-order valence-corrected chi connectivity index (χ3v) is 2.05. The van der Waals surface area contributed by atoms with E-state index < -0.39 is 0 Å². The normalized spacial score (nSPS) is 21.0. The summed E-state index contributed by atoms with van der Waals surface area (Å²) in [7, 11) is 0. The lowest BCUT2D eigenvalue weighted by Crippen LogP contribution is -2.22. The number of hydrogen-bond acceptors (Lipinski definition) is 1. The largest absolute Gasteiger partial charge is 0.336 e. The molecule has 2 rings (SSSR count). The van der Waals surface area contributed by atoms with Crippen LogP contribution in [0.25, 0.3) is 0 Å². The zero-order valence-electron chi connectivity index (χ0n) is 6.88. The number of hydrogen-bond donors (Lipinski definition) is 2. The van der Waals surface area contributed by atoms with Crippen LogP contribution in [0.5, 0.6) is 0 Å². The van der Waals surface area contributed by atoms with Crippen LogP contribution < -0.4 is 10.6 Å². The van der Waals surface area contributed by atoms with E-state index in [1.807, 2.05) is 0 Å². The summed E-state index contributed by atoms with van der Waals surface area (Å²) in [4.78, 5) is 10.8. The first kappa shape index (κ1) is 8.04. The number of rotatable bonds is 1. The Labute approximate surface area is 74.9 Å². The third kappa shape index (κ3) is 1.47. The van der Waals surface area contributed by atoms with Gasteiger partial charge in [-0.2, -0.15) is 0 Å². The highest BCUT2D eigenvalue weighted by atomic mass is 19.1. The molecule has 4 heteroatoms. The van der Waals surface area contributed by atoms with Gasteiger partial charge in [-0.05, 0) is 6.07 Å². The van der Waals surface area contributed by atoms with Crippen LogP contribution in [0.4, 0.5) is 9.18 Å². The Morgan fingerprint density at radius 1 is 1.38 bits per heavy atom. The van der Waals surface area contributed by atoms with Gasteiger partial charge in [-0.1, -0.05) is 18.2 Å². The highest BCUT2D eigenvalue weighted by Gasteiger charge is 2.23. The van der Waals surface area contributed by atoms with Crippen LogP contribution in [0.3, 0.4) is 0 Å². The van der Waals surface area contributed by atoms with Crippen molar-refractivity contribution in [3.05, 3.63) is 35.6 Å². The van der Waals surface area contributed by atoms with Crippen LogP contribution in [0.15, 0.2) is 24.3 Å². The first-order valence-electron chi connectivity index (χ1n) is 4.06. The summed E-state index contributed by atoms with van der Waals surface area (Å²) in [5.74, 6) is -0.281. The maximum Gasteiger partial charge on any atom is 0.315 e. The number of halogens is 1. The Morgan fingerprint density at radius 3 is 2.77 bits per heavy atom. The van der Waals surface area contributed by atoms with Crippen molar-refractivity contribution in [2.24, 2.45) is 0 Å². The van der Waals surface area contributed by atoms with Crippen molar-refractivity contribution in [3.63, 3.8) is 0 Å². The average molecular weight is 180 g/mol. The van der Waals surface area contributed by atoms with Crippen molar-refractivity contribution in [1.29, 1.82) is 0 Å². The lowest BCUT2D eigenvalue weighted by atomic mass is 10.1. The van der Waals surface area contributed by atoms with E-state index in [0.717, 1.165) is 0 Å². The zero-order valence-corrected chi connectivity index (χ0v) is 6.88. The number of urea groups is 1. The number of carbonyl (C=O) groups is 1. The molecular formula is C9H9FN2O. The molecule has 13 heavy (non-hydrogen) atoms. The highest BCUT2D eigenvalue weighted by molar-refractivity contribution is 5.76. The van der Waals surface area contributed by atoms with E-state index in [-0.39, 0.29) is 17.9 Å². The van der Waals surface area contributed by atoms with E-state index in [2.05, 4.69) is 10.6 Å². The van der Waals surface area contributed by atoms with Crippen LogP contribution >= 0.6 is 0 Å². The first-order chi connectivity index (χ1) is 6.27. The molecule has 1 aromatic rings. The minimum Gasteiger partial charge on any atom is -0.336 e. The molecule has 0 spiro atoms. The van der Waals surface area contributed by atoms with Gasteiger partial charge >= 0.3 is 6.03 Å². The van der Waals surface area contributed by atoms with Crippen molar-refractivity contribution in [1.82, 2.24) is 10.6 Å². The molecule has 1 aliphatic heterocycles. The van der Waals surface area contributed by atoms with Gasteiger partial charge in [0.15, 0.2) is 0 Å². The number of benzene rings is 1. The van der Waals surface area contributed by atoms with Gasteiger partial charge in [-0.3, -0.25) is 0 Å². The van der Waals surface area contributed by atoms with Crippen molar-refractivity contribution < 1.29 is 9.18 Å². The summed E-state index contributed by atoms with van der Waals surface area (Å²) >= 11 is 0. The second kappa shape index (κ2) is 3.05. The molecule has 0 saturated carbocycles. The quantitative estimate of drug-likeness (QED) is 0.669. The number of nitrogens with one attached hydrogen (secondary N) is 2. The van der Waals surface area contributed by atoms with Crippen LogP contribution in [-0.2, 0) is 0 Å². The SMILES string of the molecule is O=C1NC[C@H](c2ccccc2F)N1. The minimum absolute atomic E-state index is 0.242. The van der Waals surface area contributed by atoms with E-state index in [1.54, 1.807) is 18.2 Å². The molecule has 0 bridgehead atoms. The molecule has 1 atom stereocenters. The fourth-order valence-electron chi connectivity index (χ4n) is 1.40. The molecule has 2 N–H and O–H groups in total. The lowest BCUT2D eigenvalue weighted by molar-refractivity contribution is 0.247. The average Bonchev–Trinajstić information content (AvgIpc) is 2.53. The smallest absolute Gasteiger partial charge is 0.315 e. The predicted octanol–water partition coefficient (Wildman–Crippen LogP) is 1.18. The minimum atomic E-state index is -0.281. The van der Waals surface area contributed by atoms with Gasteiger partial charge in [0.25, 0.3) is 0 Å². The van der Waals surface area contributed by atoms with E-state index >= 15 is 0 Å². The number of carbonyl (C=O) groups excluding carboxylic acids is 1. The lowest BCUT2D eigenvalue weighted by Gasteiger charge is -2.08. The molecule has 68 valence electrons. The van der Waals surface area contributed by atoms with Gasteiger partial charge in [-0.25, -0.2) is 9.18 Å². The zero-order chi connectivity index (χ0) is 9.26. The fourth-order valence-corrected chi connectivity index (χ4v) is 1.40. The standard InChI is InChI=1S/C9H9FN2O/c10-7-4-2-1-3-6(7)8-5-11-9(13)12-8/h1-4,8H,5H2,(H2,11,12,13)/t8-/m1/s1. The summed E-state index contributed by atoms with van der Waals surface area (Å²) in [6.45, 7) is 0.444. The van der Waals surface area contributed by atoms with Crippen molar-refractivity contribution in [2.75, 3.05) is 6.54 Å². The van der Waals surface area contributed by atoms with Gasteiger partial charge in [0.1, 0.15) is 5.82 Å². The molecule has 1 fully saturated rings. The summed E-state index contributed by atoms with van der Waals surface area (Å²) in [5.41, 5.74) is 0.529. The predicted molar refractivity (Wildman–Crippen MR) is 45.7 cm³/mol. The van der Waals surface area contributed by atoms with Gasteiger partial charge in [0.05, 0.1) is 6.04 Å². The van der Waals surface area contributed by atoms with E-state index in [4.69, 9.17) is 0 Å². The molecule has 0 unspecified atom stereocenters.